The second-order valence-corrected chi connectivity index (χ2v) is 16.8. The number of pyridine rings is 1. The number of fused-ring (bicyclic) bond motifs is 1. The molecule has 2 unspecified atom stereocenters. The fraction of sp³-hybridized carbons (Fsp3) is 0.409. The SMILES string of the molecule is Cc1cc(-c2n[nH]c3ncc(-c4ccc(N5CCN(CCn6nc(C)c(C7CCC(=O)NC7=O)c6C)CC5)cc4)cc23)ccc1C(C)NC(=O)c1nc(C(C)(C)C)no1. The molecule has 0 saturated carbocycles. The van der Waals surface area contributed by atoms with Gasteiger partial charge in [-0.1, -0.05) is 50.2 Å². The van der Waals surface area contributed by atoms with Crippen LogP contribution in [0.15, 0.2) is 59.3 Å². The molecule has 2 fully saturated rings. The molecule has 306 valence electrons. The van der Waals surface area contributed by atoms with Gasteiger partial charge in [-0.2, -0.15) is 15.2 Å². The first-order chi connectivity index (χ1) is 28.2. The van der Waals surface area contributed by atoms with Crippen molar-refractivity contribution in [3.63, 3.8) is 0 Å². The van der Waals surface area contributed by atoms with Crippen LogP contribution < -0.4 is 15.5 Å². The lowest BCUT2D eigenvalue weighted by Gasteiger charge is -2.36. The van der Waals surface area contributed by atoms with Gasteiger partial charge in [-0.15, -0.1) is 0 Å². The normalized spacial score (nSPS) is 17.1. The number of aryl methyl sites for hydroxylation is 2. The molecule has 15 nitrogen and oxygen atoms in total. The quantitative estimate of drug-likeness (QED) is 0.140. The van der Waals surface area contributed by atoms with Crippen LogP contribution in [-0.4, -0.2) is 90.4 Å². The summed E-state index contributed by atoms with van der Waals surface area (Å²) in [5.74, 6) is -0.720. The number of H-pyrrole nitrogens is 1. The average molecular weight is 798 g/mol. The van der Waals surface area contributed by atoms with Crippen molar-refractivity contribution in [2.24, 2.45) is 0 Å². The molecule has 4 aromatic heterocycles. The molecule has 6 aromatic rings. The van der Waals surface area contributed by atoms with E-state index in [1.165, 1.54) is 5.69 Å². The Balaban J connectivity index is 0.882. The molecule has 3 amide bonds. The number of aromatic nitrogens is 7. The number of nitrogens with one attached hydrogen (secondary N) is 3. The maximum Gasteiger partial charge on any atom is 0.315 e. The summed E-state index contributed by atoms with van der Waals surface area (Å²) >= 11 is 0. The Morgan fingerprint density at radius 2 is 1.71 bits per heavy atom. The third-order valence-electron chi connectivity index (χ3n) is 11.7. The van der Waals surface area contributed by atoms with Crippen LogP contribution in [-0.2, 0) is 21.5 Å². The Kier molecular flexibility index (Phi) is 10.6. The maximum atomic E-state index is 12.9. The Morgan fingerprint density at radius 1 is 0.966 bits per heavy atom. The first-order valence-corrected chi connectivity index (χ1v) is 20.3. The fourth-order valence-corrected chi connectivity index (χ4v) is 8.28. The van der Waals surface area contributed by atoms with Crippen LogP contribution in [0, 0.1) is 20.8 Å². The van der Waals surface area contributed by atoms with Crippen LogP contribution in [0.4, 0.5) is 5.69 Å². The lowest BCUT2D eigenvalue weighted by molar-refractivity contribution is -0.134. The van der Waals surface area contributed by atoms with E-state index >= 15 is 0 Å². The van der Waals surface area contributed by atoms with Gasteiger partial charge in [0.15, 0.2) is 11.5 Å². The van der Waals surface area contributed by atoms with Gasteiger partial charge >= 0.3 is 11.8 Å². The summed E-state index contributed by atoms with van der Waals surface area (Å²) in [5, 5.41) is 22.9. The molecule has 2 aliphatic rings. The number of aromatic amines is 1. The Hall–Kier alpha value is -6.22. The summed E-state index contributed by atoms with van der Waals surface area (Å²) in [6, 6.07) is 16.6. The van der Waals surface area contributed by atoms with Crippen molar-refractivity contribution in [2.75, 3.05) is 37.6 Å². The van der Waals surface area contributed by atoms with Crippen LogP contribution in [0.1, 0.15) is 97.1 Å². The van der Waals surface area contributed by atoms with E-state index in [2.05, 4.69) is 77.2 Å². The third-order valence-corrected chi connectivity index (χ3v) is 11.7. The van der Waals surface area contributed by atoms with E-state index in [4.69, 9.17) is 14.6 Å². The number of hydrogen-bond acceptors (Lipinski definition) is 11. The molecule has 2 aliphatic heterocycles. The number of nitrogens with zero attached hydrogens (tertiary/aromatic N) is 8. The average Bonchev–Trinajstić information content (AvgIpc) is 3.95. The molecule has 2 atom stereocenters. The van der Waals surface area contributed by atoms with Gasteiger partial charge < -0.3 is 14.7 Å². The van der Waals surface area contributed by atoms with Gasteiger partial charge in [0, 0.05) is 84.2 Å². The van der Waals surface area contributed by atoms with Crippen LogP contribution in [0.2, 0.25) is 0 Å². The largest absolute Gasteiger partial charge is 0.369 e. The zero-order valence-electron chi connectivity index (χ0n) is 34.7. The van der Waals surface area contributed by atoms with Crippen LogP contribution in [0.25, 0.3) is 33.4 Å². The minimum atomic E-state index is -0.412. The topological polar surface area (TPSA) is 180 Å². The standard InChI is InChI=1S/C44H51N11O4/c1-25-22-30(10-13-33(25)26(2)46-41(58)42-48-43(52-59-42)44(5,6)7)38-35-23-31(24-45-39(35)50-49-38)29-8-11-32(12-9-29)54-19-16-53(17-20-54)18-21-55-28(4)37(27(3)51-55)34-14-15-36(56)47-40(34)57/h8-13,22-24,26,34H,14-21H2,1-7H3,(H,46,58)(H,45,49,50)(H,47,56,57). The number of piperazine rings is 1. The van der Waals surface area contributed by atoms with E-state index < -0.39 is 5.91 Å². The van der Waals surface area contributed by atoms with Crippen molar-refractivity contribution in [2.45, 2.75) is 85.2 Å². The summed E-state index contributed by atoms with van der Waals surface area (Å²) < 4.78 is 7.26. The monoisotopic (exact) mass is 797 g/mol. The maximum absolute atomic E-state index is 12.9. The minimum absolute atomic E-state index is 0.0512. The molecule has 15 heteroatoms. The molecule has 2 aromatic carbocycles. The zero-order valence-corrected chi connectivity index (χ0v) is 34.7. The summed E-state index contributed by atoms with van der Waals surface area (Å²) in [5.41, 5.74) is 10.2. The predicted octanol–water partition coefficient (Wildman–Crippen LogP) is 5.93. The zero-order chi connectivity index (χ0) is 41.6. The molecule has 3 N–H and O–H groups in total. The van der Waals surface area contributed by atoms with Crippen LogP contribution >= 0.6 is 0 Å². The number of carbonyl (C=O) groups excluding carboxylic acids is 3. The molecule has 0 aliphatic carbocycles. The highest BCUT2D eigenvalue weighted by atomic mass is 16.5. The molecular weight excluding hydrogens is 747 g/mol. The molecule has 0 radical (unpaired) electrons. The first kappa shape index (κ1) is 39.6. The molecule has 59 heavy (non-hydrogen) atoms. The van der Waals surface area contributed by atoms with Crippen molar-refractivity contribution < 1.29 is 18.9 Å². The lowest BCUT2D eigenvalue weighted by atomic mass is 9.89. The van der Waals surface area contributed by atoms with Gasteiger partial charge in [-0.05, 0) is 75.1 Å². The summed E-state index contributed by atoms with van der Waals surface area (Å²) in [7, 11) is 0. The van der Waals surface area contributed by atoms with Gasteiger partial charge in [0.05, 0.1) is 24.2 Å². The third kappa shape index (κ3) is 8.11. The van der Waals surface area contributed by atoms with E-state index in [1.54, 1.807) is 0 Å². The number of carbonyl (C=O) groups is 3. The second-order valence-electron chi connectivity index (χ2n) is 16.8. The second kappa shape index (κ2) is 15.9. The van der Waals surface area contributed by atoms with Crippen LogP contribution in [0.3, 0.4) is 0 Å². The van der Waals surface area contributed by atoms with Gasteiger partial charge in [-0.25, -0.2) is 4.98 Å². The van der Waals surface area contributed by atoms with E-state index in [-0.39, 0.29) is 35.1 Å². The fourth-order valence-electron chi connectivity index (χ4n) is 8.28. The number of hydrogen-bond donors (Lipinski definition) is 3. The van der Waals surface area contributed by atoms with E-state index in [0.717, 1.165) is 95.1 Å². The highest BCUT2D eigenvalue weighted by molar-refractivity contribution is 6.01. The summed E-state index contributed by atoms with van der Waals surface area (Å²) in [6.07, 6.45) is 2.77. The van der Waals surface area contributed by atoms with E-state index in [9.17, 15) is 14.4 Å². The Morgan fingerprint density at radius 3 is 2.41 bits per heavy atom. The van der Waals surface area contributed by atoms with Crippen molar-refractivity contribution in [1.82, 2.24) is 50.6 Å². The number of piperidine rings is 1. The van der Waals surface area contributed by atoms with E-state index in [0.29, 0.717) is 24.3 Å². The smallest absolute Gasteiger partial charge is 0.315 e. The highest BCUT2D eigenvalue weighted by Crippen LogP contribution is 2.33. The molecule has 2 saturated heterocycles. The predicted molar refractivity (Wildman–Crippen MR) is 224 cm³/mol. The van der Waals surface area contributed by atoms with Gasteiger partial charge in [-0.3, -0.25) is 34.4 Å². The molecule has 6 heterocycles. The summed E-state index contributed by atoms with van der Waals surface area (Å²) in [4.78, 5) is 51.0. The van der Waals surface area contributed by atoms with Gasteiger partial charge in [0.25, 0.3) is 0 Å². The van der Waals surface area contributed by atoms with Gasteiger partial charge in [0.1, 0.15) is 5.69 Å². The molecule has 8 rings (SSSR count). The van der Waals surface area contributed by atoms with Crippen molar-refractivity contribution in [1.29, 1.82) is 0 Å². The van der Waals surface area contributed by atoms with Crippen molar-refractivity contribution >= 4 is 34.4 Å². The lowest BCUT2D eigenvalue weighted by Crippen LogP contribution is -2.47. The van der Waals surface area contributed by atoms with Crippen LogP contribution in [0.5, 0.6) is 0 Å². The highest BCUT2D eigenvalue weighted by Gasteiger charge is 2.32. The molecule has 0 spiro atoms. The first-order valence-electron chi connectivity index (χ1n) is 20.3. The van der Waals surface area contributed by atoms with Crippen molar-refractivity contribution in [3.05, 3.63) is 94.5 Å². The number of benzene rings is 2. The number of anilines is 1. The summed E-state index contributed by atoms with van der Waals surface area (Å²) in [6.45, 7) is 19.2. The van der Waals surface area contributed by atoms with E-state index in [1.807, 2.05) is 71.5 Å². The number of imide groups is 1. The molecular formula is C44H51N11O4. The Bertz CT molecular complexity index is 2540. The minimum Gasteiger partial charge on any atom is -0.369 e. The number of amides is 3. The van der Waals surface area contributed by atoms with Gasteiger partial charge in [0.2, 0.25) is 11.8 Å². The number of rotatable bonds is 10. The Labute approximate surface area is 343 Å². The van der Waals surface area contributed by atoms with Crippen molar-refractivity contribution in [3.8, 4) is 22.4 Å². The molecule has 0 bridgehead atoms.